The third-order valence-electron chi connectivity index (χ3n) is 2.86. The molecule has 64 valence electrons. The van der Waals surface area contributed by atoms with E-state index in [-0.39, 0.29) is 5.92 Å². The summed E-state index contributed by atoms with van der Waals surface area (Å²) in [5, 5.41) is 0. The standard InChI is InChI=1S/C10H18O/c1-9(8-11)7-10(2)5-3-4-6-10/h8-9H,3-7H2,1-2H3. The van der Waals surface area contributed by atoms with Crippen molar-refractivity contribution in [3.8, 4) is 0 Å². The molecule has 0 heterocycles. The van der Waals surface area contributed by atoms with Crippen LogP contribution in [0.1, 0.15) is 46.0 Å². The molecule has 1 saturated carbocycles. The van der Waals surface area contributed by atoms with E-state index in [0.29, 0.717) is 5.41 Å². The SMILES string of the molecule is CC(C=O)CC1(C)CCCC1. The van der Waals surface area contributed by atoms with Gasteiger partial charge in [0, 0.05) is 5.92 Å². The van der Waals surface area contributed by atoms with Gasteiger partial charge in [0.25, 0.3) is 0 Å². The van der Waals surface area contributed by atoms with Gasteiger partial charge in [0.05, 0.1) is 0 Å². The Morgan fingerprint density at radius 3 is 2.45 bits per heavy atom. The third kappa shape index (κ3) is 2.32. The molecule has 11 heavy (non-hydrogen) atoms. The van der Waals surface area contributed by atoms with Crippen LogP contribution in [-0.4, -0.2) is 6.29 Å². The van der Waals surface area contributed by atoms with E-state index in [9.17, 15) is 4.79 Å². The van der Waals surface area contributed by atoms with E-state index in [1.54, 1.807) is 0 Å². The summed E-state index contributed by atoms with van der Waals surface area (Å²) in [6.45, 7) is 4.34. The first kappa shape index (κ1) is 8.76. The van der Waals surface area contributed by atoms with E-state index in [1.807, 2.05) is 6.92 Å². The van der Waals surface area contributed by atoms with E-state index < -0.39 is 0 Å². The number of rotatable bonds is 3. The molecule has 1 aliphatic carbocycles. The van der Waals surface area contributed by atoms with Crippen molar-refractivity contribution in [2.24, 2.45) is 11.3 Å². The summed E-state index contributed by atoms with van der Waals surface area (Å²) in [4.78, 5) is 10.4. The summed E-state index contributed by atoms with van der Waals surface area (Å²) in [6.07, 6.45) is 7.56. The van der Waals surface area contributed by atoms with Crippen LogP contribution in [0.3, 0.4) is 0 Å². The van der Waals surface area contributed by atoms with Gasteiger partial charge in [-0.3, -0.25) is 0 Å². The fraction of sp³-hybridized carbons (Fsp3) is 0.900. The Morgan fingerprint density at radius 1 is 1.45 bits per heavy atom. The molecule has 0 aromatic carbocycles. The Balaban J connectivity index is 2.39. The molecule has 0 aromatic heterocycles. The predicted molar refractivity (Wildman–Crippen MR) is 46.4 cm³/mol. The van der Waals surface area contributed by atoms with Crippen molar-refractivity contribution in [3.63, 3.8) is 0 Å². The van der Waals surface area contributed by atoms with Crippen LogP contribution in [0.15, 0.2) is 0 Å². The molecule has 1 rings (SSSR count). The summed E-state index contributed by atoms with van der Waals surface area (Å²) in [5.41, 5.74) is 0.486. The fourth-order valence-electron chi connectivity index (χ4n) is 2.26. The zero-order valence-corrected chi connectivity index (χ0v) is 7.60. The van der Waals surface area contributed by atoms with Crippen molar-refractivity contribution in [2.75, 3.05) is 0 Å². The normalized spacial score (nSPS) is 24.9. The van der Waals surface area contributed by atoms with Gasteiger partial charge in [0.2, 0.25) is 0 Å². The van der Waals surface area contributed by atoms with Gasteiger partial charge in [-0.2, -0.15) is 0 Å². The maximum atomic E-state index is 10.4. The van der Waals surface area contributed by atoms with Crippen LogP contribution < -0.4 is 0 Å². The van der Waals surface area contributed by atoms with Crippen molar-refractivity contribution >= 4 is 6.29 Å². The van der Waals surface area contributed by atoms with Crippen molar-refractivity contribution < 1.29 is 4.79 Å². The number of hydrogen-bond acceptors (Lipinski definition) is 1. The number of carbonyl (C=O) groups is 1. The van der Waals surface area contributed by atoms with Gasteiger partial charge in [-0.1, -0.05) is 26.7 Å². The first-order valence-corrected chi connectivity index (χ1v) is 4.62. The minimum atomic E-state index is 0.262. The molecule has 0 aliphatic heterocycles. The summed E-state index contributed by atoms with van der Waals surface area (Å²) in [6, 6.07) is 0. The Morgan fingerprint density at radius 2 is 2.00 bits per heavy atom. The Bertz CT molecular complexity index is 134. The van der Waals surface area contributed by atoms with E-state index in [4.69, 9.17) is 0 Å². The molecule has 0 N–H and O–H groups in total. The second-order valence-electron chi connectivity index (χ2n) is 4.34. The van der Waals surface area contributed by atoms with Gasteiger partial charge >= 0.3 is 0 Å². The fourth-order valence-corrected chi connectivity index (χ4v) is 2.26. The van der Waals surface area contributed by atoms with Crippen LogP contribution in [-0.2, 0) is 4.79 Å². The summed E-state index contributed by atoms with van der Waals surface area (Å²) < 4.78 is 0. The Labute approximate surface area is 69.2 Å². The van der Waals surface area contributed by atoms with Crippen LogP contribution in [0.4, 0.5) is 0 Å². The molecule has 0 amide bonds. The highest BCUT2D eigenvalue weighted by Gasteiger charge is 2.29. The highest BCUT2D eigenvalue weighted by atomic mass is 16.1. The highest BCUT2D eigenvalue weighted by molar-refractivity contribution is 5.52. The first-order chi connectivity index (χ1) is 5.16. The van der Waals surface area contributed by atoms with Crippen LogP contribution in [0.5, 0.6) is 0 Å². The largest absolute Gasteiger partial charge is 0.303 e. The molecule has 1 unspecified atom stereocenters. The maximum Gasteiger partial charge on any atom is 0.122 e. The van der Waals surface area contributed by atoms with Crippen molar-refractivity contribution in [2.45, 2.75) is 46.0 Å². The molecule has 1 nitrogen and oxygen atoms in total. The van der Waals surface area contributed by atoms with Gasteiger partial charge in [0.15, 0.2) is 0 Å². The third-order valence-corrected chi connectivity index (χ3v) is 2.86. The molecule has 1 aliphatic rings. The zero-order valence-electron chi connectivity index (χ0n) is 7.60. The van der Waals surface area contributed by atoms with E-state index >= 15 is 0 Å². The lowest BCUT2D eigenvalue weighted by Crippen LogP contribution is -2.15. The van der Waals surface area contributed by atoms with Crippen molar-refractivity contribution in [3.05, 3.63) is 0 Å². The van der Waals surface area contributed by atoms with Crippen molar-refractivity contribution in [1.29, 1.82) is 0 Å². The van der Waals surface area contributed by atoms with Gasteiger partial charge in [-0.05, 0) is 24.7 Å². The summed E-state index contributed by atoms with van der Waals surface area (Å²) >= 11 is 0. The quantitative estimate of drug-likeness (QED) is 0.571. The minimum Gasteiger partial charge on any atom is -0.303 e. The highest BCUT2D eigenvalue weighted by Crippen LogP contribution is 2.42. The zero-order chi connectivity index (χ0) is 8.32. The van der Waals surface area contributed by atoms with Crippen molar-refractivity contribution in [1.82, 2.24) is 0 Å². The number of hydrogen-bond donors (Lipinski definition) is 0. The van der Waals surface area contributed by atoms with Crippen LogP contribution >= 0.6 is 0 Å². The maximum absolute atomic E-state index is 10.4. The smallest absolute Gasteiger partial charge is 0.122 e. The molecule has 0 saturated heterocycles. The molecule has 1 fully saturated rings. The average Bonchev–Trinajstić information content (AvgIpc) is 2.36. The average molecular weight is 154 g/mol. The van der Waals surface area contributed by atoms with E-state index in [2.05, 4.69) is 6.92 Å². The lowest BCUT2D eigenvalue weighted by atomic mass is 9.80. The lowest BCUT2D eigenvalue weighted by molar-refractivity contribution is -0.111. The van der Waals surface area contributed by atoms with Crippen LogP contribution in [0.2, 0.25) is 0 Å². The van der Waals surface area contributed by atoms with Gasteiger partial charge in [-0.25, -0.2) is 0 Å². The van der Waals surface area contributed by atoms with Gasteiger partial charge < -0.3 is 4.79 Å². The molecule has 1 atom stereocenters. The molecule has 1 heteroatoms. The molecule has 0 aromatic rings. The number of carbonyl (C=O) groups excluding carboxylic acids is 1. The molecule has 0 radical (unpaired) electrons. The van der Waals surface area contributed by atoms with Gasteiger partial charge in [0.1, 0.15) is 6.29 Å². The van der Waals surface area contributed by atoms with E-state index in [1.165, 1.54) is 25.7 Å². The topological polar surface area (TPSA) is 17.1 Å². The molecular weight excluding hydrogens is 136 g/mol. The second kappa shape index (κ2) is 3.38. The van der Waals surface area contributed by atoms with Gasteiger partial charge in [-0.15, -0.1) is 0 Å². The monoisotopic (exact) mass is 154 g/mol. The minimum absolute atomic E-state index is 0.262. The molecular formula is C10H18O. The van der Waals surface area contributed by atoms with Crippen LogP contribution in [0.25, 0.3) is 0 Å². The lowest BCUT2D eigenvalue weighted by Gasteiger charge is -2.24. The Kier molecular flexibility index (Phi) is 2.69. The summed E-state index contributed by atoms with van der Waals surface area (Å²) in [5.74, 6) is 0.262. The second-order valence-corrected chi connectivity index (χ2v) is 4.34. The molecule has 0 bridgehead atoms. The van der Waals surface area contributed by atoms with E-state index in [0.717, 1.165) is 12.7 Å². The predicted octanol–water partition coefficient (Wildman–Crippen LogP) is 2.79. The Hall–Kier alpha value is -0.330. The number of aldehydes is 1. The summed E-state index contributed by atoms with van der Waals surface area (Å²) in [7, 11) is 0. The first-order valence-electron chi connectivity index (χ1n) is 4.62. The van der Waals surface area contributed by atoms with Crippen LogP contribution in [0, 0.1) is 11.3 Å². The molecule has 0 spiro atoms.